The third kappa shape index (κ3) is 6.12. The van der Waals surface area contributed by atoms with Crippen LogP contribution in [0.2, 0.25) is 0 Å². The van der Waals surface area contributed by atoms with Gasteiger partial charge < -0.3 is 15.4 Å². The van der Waals surface area contributed by atoms with Crippen LogP contribution in [-0.2, 0) is 9.53 Å². The molecule has 2 N–H and O–H groups in total. The Hall–Kier alpha value is -1.46. The summed E-state index contributed by atoms with van der Waals surface area (Å²) in [5.41, 5.74) is 0.587. The first-order valence-electron chi connectivity index (χ1n) is 6.89. The van der Waals surface area contributed by atoms with Gasteiger partial charge >= 0.3 is 0 Å². The molecular formula is C15H23FN2O2. The van der Waals surface area contributed by atoms with E-state index in [-0.39, 0.29) is 24.3 Å². The van der Waals surface area contributed by atoms with Crippen LogP contribution in [0.3, 0.4) is 0 Å². The number of ether oxygens (including phenoxy) is 1. The molecule has 1 atom stereocenters. The van der Waals surface area contributed by atoms with Crippen LogP contribution >= 0.6 is 0 Å². The van der Waals surface area contributed by atoms with Crippen LogP contribution in [0.25, 0.3) is 0 Å². The monoisotopic (exact) mass is 282 g/mol. The molecule has 1 rings (SSSR count). The normalized spacial score (nSPS) is 12.4. The molecule has 0 aliphatic carbocycles. The maximum absolute atomic E-state index is 12.7. The molecule has 0 radical (unpaired) electrons. The summed E-state index contributed by atoms with van der Waals surface area (Å²) in [5, 5.41) is 5.88. The Labute approximate surface area is 119 Å². The van der Waals surface area contributed by atoms with Crippen molar-refractivity contribution in [1.29, 1.82) is 0 Å². The summed E-state index contributed by atoms with van der Waals surface area (Å²) in [6.45, 7) is 7.54. The molecule has 0 spiro atoms. The third-order valence-corrected chi connectivity index (χ3v) is 2.96. The lowest BCUT2D eigenvalue weighted by Crippen LogP contribution is -2.42. The van der Waals surface area contributed by atoms with E-state index < -0.39 is 0 Å². The number of hydrogen-bond acceptors (Lipinski definition) is 3. The third-order valence-electron chi connectivity index (χ3n) is 2.96. The average molecular weight is 282 g/mol. The Kier molecular flexibility index (Phi) is 7.18. The molecule has 0 fully saturated rings. The van der Waals surface area contributed by atoms with Crippen LogP contribution in [0.5, 0.6) is 0 Å². The van der Waals surface area contributed by atoms with E-state index in [1.54, 1.807) is 0 Å². The lowest BCUT2D eigenvalue weighted by Gasteiger charge is -2.21. The first kappa shape index (κ1) is 16.6. The lowest BCUT2D eigenvalue weighted by atomic mass is 10.1. The lowest BCUT2D eigenvalue weighted by molar-refractivity contribution is -0.115. The maximum atomic E-state index is 12.7. The molecule has 0 saturated carbocycles. The molecule has 1 unspecified atom stereocenters. The first-order chi connectivity index (χ1) is 9.52. The van der Waals surface area contributed by atoms with Gasteiger partial charge in [0.1, 0.15) is 5.82 Å². The Morgan fingerprint density at radius 3 is 2.50 bits per heavy atom. The second kappa shape index (κ2) is 8.66. The van der Waals surface area contributed by atoms with Gasteiger partial charge in [-0.1, -0.05) is 13.8 Å². The zero-order chi connectivity index (χ0) is 15.0. The topological polar surface area (TPSA) is 50.4 Å². The van der Waals surface area contributed by atoms with Crippen LogP contribution in [0.1, 0.15) is 20.8 Å². The van der Waals surface area contributed by atoms with Gasteiger partial charge in [-0.2, -0.15) is 0 Å². The number of benzene rings is 1. The molecule has 0 bridgehead atoms. The zero-order valence-electron chi connectivity index (χ0n) is 12.3. The Morgan fingerprint density at radius 2 is 1.95 bits per heavy atom. The van der Waals surface area contributed by atoms with Crippen LogP contribution in [-0.4, -0.2) is 31.7 Å². The highest BCUT2D eigenvalue weighted by Crippen LogP contribution is 2.08. The van der Waals surface area contributed by atoms with Crippen LogP contribution in [0.15, 0.2) is 24.3 Å². The van der Waals surface area contributed by atoms with Crippen molar-refractivity contribution in [2.45, 2.75) is 26.8 Å². The SMILES string of the molecule is CCOCC(NCC(=O)Nc1ccc(F)cc1)C(C)C. The maximum Gasteiger partial charge on any atom is 0.238 e. The van der Waals surface area contributed by atoms with E-state index in [2.05, 4.69) is 24.5 Å². The summed E-state index contributed by atoms with van der Waals surface area (Å²) in [6.07, 6.45) is 0. The Morgan fingerprint density at radius 1 is 1.30 bits per heavy atom. The number of amides is 1. The van der Waals surface area contributed by atoms with Gasteiger partial charge in [0.15, 0.2) is 0 Å². The van der Waals surface area contributed by atoms with Crippen LogP contribution < -0.4 is 10.6 Å². The molecule has 0 heterocycles. The molecule has 4 nitrogen and oxygen atoms in total. The van der Waals surface area contributed by atoms with Crippen molar-refractivity contribution in [3.8, 4) is 0 Å². The predicted molar refractivity (Wildman–Crippen MR) is 78.2 cm³/mol. The highest BCUT2D eigenvalue weighted by molar-refractivity contribution is 5.92. The number of carbonyl (C=O) groups is 1. The van der Waals surface area contributed by atoms with Crippen LogP contribution in [0, 0.1) is 11.7 Å². The smallest absolute Gasteiger partial charge is 0.238 e. The van der Waals surface area contributed by atoms with Crippen molar-refractivity contribution >= 4 is 11.6 Å². The van der Waals surface area contributed by atoms with Crippen molar-refractivity contribution in [2.24, 2.45) is 5.92 Å². The predicted octanol–water partition coefficient (Wildman–Crippen LogP) is 2.41. The second-order valence-electron chi connectivity index (χ2n) is 4.95. The van der Waals surface area contributed by atoms with Gasteiger partial charge in [0.2, 0.25) is 5.91 Å². The van der Waals surface area contributed by atoms with Gasteiger partial charge in [0, 0.05) is 18.3 Å². The molecule has 1 aromatic carbocycles. The fourth-order valence-electron chi connectivity index (χ4n) is 1.69. The number of nitrogens with one attached hydrogen (secondary N) is 2. The van der Waals surface area contributed by atoms with Crippen LogP contribution in [0.4, 0.5) is 10.1 Å². The van der Waals surface area contributed by atoms with Gasteiger partial charge in [0.05, 0.1) is 13.2 Å². The van der Waals surface area contributed by atoms with Gasteiger partial charge in [-0.3, -0.25) is 4.79 Å². The van der Waals surface area contributed by atoms with E-state index in [4.69, 9.17) is 4.74 Å². The van der Waals surface area contributed by atoms with Crippen molar-refractivity contribution in [3.63, 3.8) is 0 Å². The molecular weight excluding hydrogens is 259 g/mol. The first-order valence-corrected chi connectivity index (χ1v) is 6.89. The van der Waals surface area contributed by atoms with Gasteiger partial charge in [0.25, 0.3) is 0 Å². The largest absolute Gasteiger partial charge is 0.380 e. The molecule has 0 aliphatic heterocycles. The molecule has 0 aromatic heterocycles. The summed E-state index contributed by atoms with van der Waals surface area (Å²) < 4.78 is 18.1. The van der Waals surface area contributed by atoms with Crippen molar-refractivity contribution in [3.05, 3.63) is 30.1 Å². The van der Waals surface area contributed by atoms with Gasteiger partial charge in [-0.15, -0.1) is 0 Å². The number of anilines is 1. The molecule has 1 amide bonds. The van der Waals surface area contributed by atoms with Crippen molar-refractivity contribution < 1.29 is 13.9 Å². The number of hydrogen-bond donors (Lipinski definition) is 2. The van der Waals surface area contributed by atoms with E-state index in [0.29, 0.717) is 24.8 Å². The average Bonchev–Trinajstić information content (AvgIpc) is 2.41. The summed E-state index contributed by atoms with van der Waals surface area (Å²) >= 11 is 0. The highest BCUT2D eigenvalue weighted by atomic mass is 19.1. The molecule has 20 heavy (non-hydrogen) atoms. The minimum atomic E-state index is -0.322. The van der Waals surface area contributed by atoms with Gasteiger partial charge in [-0.05, 0) is 37.1 Å². The van der Waals surface area contributed by atoms with E-state index in [1.165, 1.54) is 24.3 Å². The second-order valence-corrected chi connectivity index (χ2v) is 4.95. The number of carbonyl (C=O) groups excluding carboxylic acids is 1. The molecule has 112 valence electrons. The van der Waals surface area contributed by atoms with E-state index >= 15 is 0 Å². The van der Waals surface area contributed by atoms with Crippen molar-refractivity contribution in [1.82, 2.24) is 5.32 Å². The minimum Gasteiger partial charge on any atom is -0.380 e. The highest BCUT2D eigenvalue weighted by Gasteiger charge is 2.14. The molecule has 1 aromatic rings. The summed E-state index contributed by atoms with van der Waals surface area (Å²) in [4.78, 5) is 11.8. The fraction of sp³-hybridized carbons (Fsp3) is 0.533. The summed E-state index contributed by atoms with van der Waals surface area (Å²) in [6, 6.07) is 5.83. The standard InChI is InChI=1S/C15H23FN2O2/c1-4-20-10-14(11(2)3)17-9-15(19)18-13-7-5-12(16)6-8-13/h5-8,11,14,17H,4,9-10H2,1-3H3,(H,18,19). The zero-order valence-corrected chi connectivity index (χ0v) is 12.3. The van der Waals surface area contributed by atoms with E-state index in [9.17, 15) is 9.18 Å². The minimum absolute atomic E-state index is 0.133. The fourth-order valence-corrected chi connectivity index (χ4v) is 1.69. The van der Waals surface area contributed by atoms with Crippen molar-refractivity contribution in [2.75, 3.05) is 25.1 Å². The molecule has 0 saturated heterocycles. The number of halogens is 1. The van der Waals surface area contributed by atoms with E-state index in [0.717, 1.165) is 0 Å². The Bertz CT molecular complexity index is 407. The number of rotatable bonds is 8. The van der Waals surface area contributed by atoms with Gasteiger partial charge in [-0.25, -0.2) is 4.39 Å². The quantitative estimate of drug-likeness (QED) is 0.770. The van der Waals surface area contributed by atoms with E-state index in [1.807, 2.05) is 6.92 Å². The summed E-state index contributed by atoms with van der Waals surface area (Å²) in [7, 11) is 0. The Balaban J connectivity index is 2.39. The molecule has 5 heteroatoms. The molecule has 0 aliphatic rings. The summed E-state index contributed by atoms with van der Waals surface area (Å²) in [5.74, 6) is -0.100.